The van der Waals surface area contributed by atoms with Crippen LogP contribution in [0.15, 0.2) is 346 Å². The van der Waals surface area contributed by atoms with Crippen LogP contribution in [0.4, 0.5) is 0 Å². The number of rotatable bonds is 15. The Morgan fingerprint density at radius 2 is 0.404 bits per heavy atom. The zero-order valence-corrected chi connectivity index (χ0v) is 65.0. The molecule has 0 amide bonds. The second-order valence-electron chi connectivity index (χ2n) is 34.7. The second-order valence-corrected chi connectivity index (χ2v) is 34.7. The maximum Gasteiger partial charge on any atom is 0.0531 e. The average Bonchev–Trinajstić information content (AvgIpc) is 1.53. The van der Waals surface area contributed by atoms with E-state index >= 15 is 0 Å². The van der Waals surface area contributed by atoms with Crippen molar-refractivity contribution < 1.29 is 0 Å². The third-order valence-electron chi connectivity index (χ3n) is 28.3. The van der Waals surface area contributed by atoms with Gasteiger partial charge in [-0.05, 0) is 277 Å². The third-order valence-corrected chi connectivity index (χ3v) is 28.3. The van der Waals surface area contributed by atoms with Crippen LogP contribution >= 0.6 is 0 Å². The van der Waals surface area contributed by atoms with Crippen LogP contribution in [-0.2, 0) is 6.42 Å². The molecule has 11 aromatic carbocycles. The van der Waals surface area contributed by atoms with Gasteiger partial charge in [-0.15, -0.1) is 0 Å². The van der Waals surface area contributed by atoms with Gasteiger partial charge in [-0.25, -0.2) is 0 Å². The zero-order chi connectivity index (χ0) is 75.2. The van der Waals surface area contributed by atoms with Crippen LogP contribution in [0.1, 0.15) is 164 Å². The summed E-state index contributed by atoms with van der Waals surface area (Å²) < 4.78 is 16.1. The van der Waals surface area contributed by atoms with Crippen molar-refractivity contribution in [3.63, 3.8) is 0 Å². The van der Waals surface area contributed by atoms with Gasteiger partial charge < -0.3 is 27.4 Å². The van der Waals surface area contributed by atoms with Crippen molar-refractivity contribution in [1.82, 2.24) is 27.4 Å². The fourth-order valence-electron chi connectivity index (χ4n) is 23.6. The third kappa shape index (κ3) is 12.4. The van der Waals surface area contributed by atoms with Gasteiger partial charge in [0.2, 0.25) is 0 Å². The number of aryl methyl sites for hydroxylation is 1. The lowest BCUT2D eigenvalue weighted by Gasteiger charge is -2.49. The van der Waals surface area contributed by atoms with Crippen molar-refractivity contribution in [2.45, 2.75) is 125 Å². The first-order chi connectivity index (χ1) is 56.5. The highest BCUT2D eigenvalue weighted by Gasteiger charge is 2.48. The summed E-state index contributed by atoms with van der Waals surface area (Å²) in [4.78, 5) is 0. The molecule has 17 aromatic rings. The van der Waals surface area contributed by atoms with Crippen LogP contribution in [0.2, 0.25) is 0 Å². The van der Waals surface area contributed by atoms with Gasteiger partial charge in [-0.3, -0.25) is 0 Å². The summed E-state index contributed by atoms with van der Waals surface area (Å²) >= 11 is 0. The highest BCUT2D eigenvalue weighted by molar-refractivity contribution is 5.88. The van der Waals surface area contributed by atoms with Crippen LogP contribution in [-0.4, -0.2) is 27.4 Å². The molecule has 5 aliphatic carbocycles. The van der Waals surface area contributed by atoms with Gasteiger partial charge in [0.15, 0.2) is 0 Å². The van der Waals surface area contributed by atoms with Crippen LogP contribution in [0.3, 0.4) is 0 Å². The molecule has 0 aliphatic heterocycles. The molecule has 22 rings (SSSR count). The summed E-state index contributed by atoms with van der Waals surface area (Å²) in [6.45, 7) is 0. The normalized spacial score (nSPS) is 23.3. The molecule has 4 fully saturated rings. The molecule has 0 saturated heterocycles. The highest BCUT2D eigenvalue weighted by atomic mass is 15.0. The standard InChI is InChI=1S/C108H98N6/c1-7-37-91(38-8-1)109-97-49-25-19-31-73(97)67-103(109)85-57-79(55-81(59-85)83-61-87(105-69-75-33-21-27-51-99(75)111(105)93-41-11-3-12-42-93)65-88(62-83)106-70-76-34-22-28-52-100(76)112(106)94-43-13-4-14-44-94)80-56-82(60-86(58-80)104-68-74-32-20-26-50-98(74)110(104)92-39-9-2-10-40-92)84-63-89(107-71-77-35-23-29-53-101(77)113(107)95-45-15-5-16-46-95)66-90(64-84)108-72-78-36-24-30-54-102(78)114(108)96-47-17-6-18-48-96/h1-19,21-31,33-54,67-72,79-90H,20,32,55-66H2. The number of fused-ring (bicyclic) bond motifs is 6. The molecule has 6 heteroatoms. The topological polar surface area (TPSA) is 29.6 Å². The quantitative estimate of drug-likeness (QED) is 0.0979. The van der Waals surface area contributed by atoms with Crippen LogP contribution in [0.25, 0.3) is 94.7 Å². The number of allylic oxidation sites excluding steroid dienone is 1. The summed E-state index contributed by atoms with van der Waals surface area (Å²) in [6, 6.07) is 130. The molecule has 5 aliphatic rings. The van der Waals surface area contributed by atoms with Crippen molar-refractivity contribution in [2.24, 2.45) is 35.5 Å². The summed E-state index contributed by atoms with van der Waals surface area (Å²) in [6.07, 6.45) is 21.1. The smallest absolute Gasteiger partial charge is 0.0531 e. The van der Waals surface area contributed by atoms with E-state index in [9.17, 15) is 0 Å². The van der Waals surface area contributed by atoms with E-state index in [4.69, 9.17) is 0 Å². The van der Waals surface area contributed by atoms with E-state index in [1.807, 2.05) is 0 Å². The predicted octanol–water partition coefficient (Wildman–Crippen LogP) is 27.6. The first-order valence-electron chi connectivity index (χ1n) is 42.8. The Balaban J connectivity index is 0.724. The number of para-hydroxylation sites is 11. The molecule has 4 saturated carbocycles. The second kappa shape index (κ2) is 29.3. The minimum atomic E-state index is 0.306. The highest BCUT2D eigenvalue weighted by Crippen LogP contribution is 2.60. The Morgan fingerprint density at radius 1 is 0.193 bits per heavy atom. The number of aromatic nitrogens is 6. The zero-order valence-electron chi connectivity index (χ0n) is 65.0. The first kappa shape index (κ1) is 68.9. The molecular formula is C108H98N6. The molecule has 0 spiro atoms. The molecule has 0 N–H and O–H groups in total. The minimum Gasteiger partial charge on any atom is -0.314 e. The molecule has 6 heterocycles. The first-order valence-corrected chi connectivity index (χ1v) is 42.8. The largest absolute Gasteiger partial charge is 0.314 e. The van der Waals surface area contributed by atoms with Gasteiger partial charge >= 0.3 is 0 Å². The molecule has 6 aromatic heterocycles. The molecular weight excluding hydrogens is 1380 g/mol. The van der Waals surface area contributed by atoms with Gasteiger partial charge in [0, 0.05) is 136 Å². The number of hydrogen-bond acceptors (Lipinski definition) is 0. The molecule has 114 heavy (non-hydrogen) atoms. The number of nitrogens with zero attached hydrogens (tertiary/aromatic N) is 6. The number of hydrogen-bond donors (Lipinski definition) is 0. The summed E-state index contributed by atoms with van der Waals surface area (Å²) in [5.74, 6) is 4.76. The lowest BCUT2D eigenvalue weighted by atomic mass is 9.56. The molecule has 0 radical (unpaired) electrons. The average molecular weight is 1480 g/mol. The van der Waals surface area contributed by atoms with Crippen molar-refractivity contribution in [2.75, 3.05) is 0 Å². The number of benzene rings is 11. The van der Waals surface area contributed by atoms with Gasteiger partial charge in [0.05, 0.1) is 27.6 Å². The molecule has 6 nitrogen and oxygen atoms in total. The lowest BCUT2D eigenvalue weighted by molar-refractivity contribution is 0.0513. The van der Waals surface area contributed by atoms with E-state index in [2.05, 4.69) is 379 Å². The van der Waals surface area contributed by atoms with E-state index in [1.54, 1.807) is 5.69 Å². The summed E-state index contributed by atoms with van der Waals surface area (Å²) in [5, 5.41) is 6.64. The van der Waals surface area contributed by atoms with Crippen LogP contribution < -0.4 is 0 Å². The maximum absolute atomic E-state index is 2.76. The van der Waals surface area contributed by atoms with Crippen molar-refractivity contribution in [3.05, 3.63) is 391 Å². The van der Waals surface area contributed by atoms with Crippen LogP contribution in [0.5, 0.6) is 0 Å². The molecule has 10 atom stereocenters. The Morgan fingerprint density at radius 3 is 0.667 bits per heavy atom. The lowest BCUT2D eigenvalue weighted by Crippen LogP contribution is -2.39. The SMILES string of the molecule is C1=Cc2c(cc(C3CC(C4CC(c5cc6ccccc6n5-c5ccccc5)CC(c5cc6ccccc6n5-c5ccccc5)C4)CC(C4CC(c5cc6ccccc6n5-c5ccccc5)CC(C5CC(c6cc7ccccc7n6-c6ccccc6)CC(c6cc7ccccc7n6-c6ccccc6)C5)C4)C3)n2-c2ccccc2)CC1. The fraction of sp³-hybridized carbons (Fsp3) is 0.241. The van der Waals surface area contributed by atoms with E-state index in [0.717, 1.165) is 51.4 Å². The van der Waals surface area contributed by atoms with Crippen molar-refractivity contribution in [1.29, 1.82) is 0 Å². The Kier molecular flexibility index (Phi) is 17.7. The van der Waals surface area contributed by atoms with Crippen molar-refractivity contribution in [3.8, 4) is 34.1 Å². The maximum atomic E-state index is 2.76. The van der Waals surface area contributed by atoms with Gasteiger partial charge in [0.1, 0.15) is 0 Å². The molecule has 10 unspecified atom stereocenters. The molecule has 560 valence electrons. The van der Waals surface area contributed by atoms with Gasteiger partial charge in [0.25, 0.3) is 0 Å². The van der Waals surface area contributed by atoms with Gasteiger partial charge in [-0.2, -0.15) is 0 Å². The van der Waals surface area contributed by atoms with E-state index in [0.29, 0.717) is 71.0 Å². The molecule has 0 bridgehead atoms. The monoisotopic (exact) mass is 1480 g/mol. The van der Waals surface area contributed by atoms with E-state index < -0.39 is 0 Å². The van der Waals surface area contributed by atoms with Gasteiger partial charge in [-0.1, -0.05) is 206 Å². The van der Waals surface area contributed by atoms with Crippen LogP contribution in [0, 0.1) is 35.5 Å². The fourth-order valence-corrected chi connectivity index (χ4v) is 23.6. The Labute approximate surface area is 669 Å². The van der Waals surface area contributed by atoms with E-state index in [-0.39, 0.29) is 0 Å². The summed E-state index contributed by atoms with van der Waals surface area (Å²) in [5.41, 5.74) is 25.9. The predicted molar refractivity (Wildman–Crippen MR) is 472 cm³/mol. The Bertz CT molecular complexity index is 6090. The minimum absolute atomic E-state index is 0.306. The summed E-state index contributed by atoms with van der Waals surface area (Å²) in [7, 11) is 0. The Hall–Kier alpha value is -11.9. The van der Waals surface area contributed by atoms with Crippen molar-refractivity contribution >= 4 is 60.6 Å². The van der Waals surface area contributed by atoms with E-state index in [1.165, 1.54) is 167 Å².